The van der Waals surface area contributed by atoms with Gasteiger partial charge in [-0.2, -0.15) is 0 Å². The molecule has 0 bridgehead atoms. The van der Waals surface area contributed by atoms with Crippen LogP contribution in [-0.2, 0) is 16.6 Å². The Labute approximate surface area is 199 Å². The molecule has 34 heavy (non-hydrogen) atoms. The fraction of sp³-hybridized carbons (Fsp3) is 0.240. The first kappa shape index (κ1) is 23.9. The lowest BCUT2D eigenvalue weighted by Crippen LogP contribution is -2.43. The maximum absolute atomic E-state index is 13.9. The third-order valence-corrected chi connectivity index (χ3v) is 7.07. The summed E-state index contributed by atoms with van der Waals surface area (Å²) in [5.41, 5.74) is 1.75. The molecule has 0 unspecified atom stereocenters. The van der Waals surface area contributed by atoms with Crippen LogP contribution in [0.4, 0.5) is 15.8 Å². The summed E-state index contributed by atoms with van der Waals surface area (Å²) in [5, 5.41) is 2.84. The molecule has 7 nitrogen and oxygen atoms in total. The van der Waals surface area contributed by atoms with E-state index in [0.29, 0.717) is 5.69 Å². The summed E-state index contributed by atoms with van der Waals surface area (Å²) in [5.74, 6) is -1.11. The van der Waals surface area contributed by atoms with Crippen molar-refractivity contribution in [1.29, 1.82) is 0 Å². The summed E-state index contributed by atoms with van der Waals surface area (Å²) in [4.78, 5) is 17.4. The number of para-hydroxylation sites is 1. The third-order valence-electron chi connectivity index (χ3n) is 5.71. The van der Waals surface area contributed by atoms with Gasteiger partial charge in [0.15, 0.2) is 0 Å². The lowest BCUT2D eigenvalue weighted by Gasteiger charge is -2.32. The Morgan fingerprint density at radius 3 is 2.44 bits per heavy atom. The lowest BCUT2D eigenvalue weighted by atomic mass is 10.1. The van der Waals surface area contributed by atoms with Crippen LogP contribution in [0.1, 0.15) is 15.9 Å². The average Bonchev–Trinajstić information content (AvgIpc) is 2.82. The van der Waals surface area contributed by atoms with E-state index in [1.54, 1.807) is 6.07 Å². The highest BCUT2D eigenvalue weighted by Crippen LogP contribution is 2.21. The van der Waals surface area contributed by atoms with E-state index in [0.717, 1.165) is 38.3 Å². The van der Waals surface area contributed by atoms with Crippen LogP contribution in [0.15, 0.2) is 77.7 Å². The maximum atomic E-state index is 13.9. The van der Waals surface area contributed by atoms with Crippen molar-refractivity contribution in [2.45, 2.75) is 11.4 Å². The quantitative estimate of drug-likeness (QED) is 0.538. The number of halogens is 1. The Morgan fingerprint density at radius 2 is 1.68 bits per heavy atom. The molecule has 3 aromatic rings. The number of hydrogen-bond donors (Lipinski definition) is 2. The van der Waals surface area contributed by atoms with Gasteiger partial charge in [-0.1, -0.05) is 30.3 Å². The van der Waals surface area contributed by atoms with E-state index in [9.17, 15) is 17.6 Å². The van der Waals surface area contributed by atoms with Gasteiger partial charge in [0.05, 0.1) is 10.6 Å². The maximum Gasteiger partial charge on any atom is 0.262 e. The minimum Gasteiger partial charge on any atom is -0.322 e. The molecule has 2 N–H and O–H groups in total. The van der Waals surface area contributed by atoms with Crippen molar-refractivity contribution in [2.75, 3.05) is 43.3 Å². The monoisotopic (exact) mass is 482 g/mol. The van der Waals surface area contributed by atoms with Crippen molar-refractivity contribution in [3.05, 3.63) is 89.7 Å². The Kier molecular flexibility index (Phi) is 7.26. The molecule has 0 aliphatic carbocycles. The van der Waals surface area contributed by atoms with E-state index in [-0.39, 0.29) is 16.1 Å². The van der Waals surface area contributed by atoms with E-state index < -0.39 is 21.7 Å². The molecule has 0 aromatic heterocycles. The van der Waals surface area contributed by atoms with Crippen molar-refractivity contribution < 1.29 is 17.6 Å². The topological polar surface area (TPSA) is 81.8 Å². The van der Waals surface area contributed by atoms with Gasteiger partial charge >= 0.3 is 0 Å². The molecule has 1 fully saturated rings. The normalized spacial score (nSPS) is 15.1. The van der Waals surface area contributed by atoms with Gasteiger partial charge in [0, 0.05) is 44.0 Å². The largest absolute Gasteiger partial charge is 0.322 e. The zero-order valence-electron chi connectivity index (χ0n) is 18.9. The molecule has 1 heterocycles. The van der Waals surface area contributed by atoms with Crippen LogP contribution in [0.25, 0.3) is 0 Å². The summed E-state index contributed by atoms with van der Waals surface area (Å²) in [7, 11) is -1.96. The van der Waals surface area contributed by atoms with Gasteiger partial charge in [-0.15, -0.1) is 0 Å². The standard InChI is InChI=1S/C25H27FN4O3S/c1-29-12-14-30(15-13-29)18-19-6-4-8-21(16-19)27-25(31)20-7-5-9-22(17-20)34(32,33)28-24-11-3-2-10-23(24)26/h2-11,16-17,28H,12-15,18H2,1H3,(H,27,31). The summed E-state index contributed by atoms with van der Waals surface area (Å²) in [6.45, 7) is 4.85. The van der Waals surface area contributed by atoms with Crippen LogP contribution < -0.4 is 10.0 Å². The van der Waals surface area contributed by atoms with Gasteiger partial charge in [0.1, 0.15) is 5.82 Å². The second kappa shape index (κ2) is 10.3. The Balaban J connectivity index is 1.45. The van der Waals surface area contributed by atoms with Crippen molar-refractivity contribution in [2.24, 2.45) is 0 Å². The number of amides is 1. The summed E-state index contributed by atoms with van der Waals surface area (Å²) in [6.07, 6.45) is 0. The molecular formula is C25H27FN4O3S. The van der Waals surface area contributed by atoms with Crippen LogP contribution in [0, 0.1) is 5.82 Å². The Bertz CT molecular complexity index is 1270. The SMILES string of the molecule is CN1CCN(Cc2cccc(NC(=O)c3cccc(S(=O)(=O)Nc4ccccc4F)c3)c2)CC1. The number of anilines is 2. The van der Waals surface area contributed by atoms with Crippen molar-refractivity contribution in [3.63, 3.8) is 0 Å². The fourth-order valence-electron chi connectivity index (χ4n) is 3.77. The molecule has 4 rings (SSSR count). The second-order valence-corrected chi connectivity index (χ2v) is 10.0. The molecule has 1 saturated heterocycles. The average molecular weight is 483 g/mol. The minimum absolute atomic E-state index is 0.132. The van der Waals surface area contributed by atoms with Crippen LogP contribution in [-0.4, -0.2) is 57.4 Å². The van der Waals surface area contributed by atoms with Crippen molar-refractivity contribution >= 4 is 27.3 Å². The second-order valence-electron chi connectivity index (χ2n) is 8.35. The van der Waals surface area contributed by atoms with Crippen LogP contribution in [0.2, 0.25) is 0 Å². The van der Waals surface area contributed by atoms with E-state index in [2.05, 4.69) is 26.9 Å². The van der Waals surface area contributed by atoms with Gasteiger partial charge in [-0.05, 0) is 55.1 Å². The van der Waals surface area contributed by atoms with Crippen LogP contribution in [0.3, 0.4) is 0 Å². The molecule has 3 aromatic carbocycles. The first-order valence-electron chi connectivity index (χ1n) is 11.0. The summed E-state index contributed by atoms with van der Waals surface area (Å²) < 4.78 is 41.6. The lowest BCUT2D eigenvalue weighted by molar-refractivity contribution is 0.102. The van der Waals surface area contributed by atoms with E-state index in [1.165, 1.54) is 48.5 Å². The zero-order chi connectivity index (χ0) is 24.1. The molecule has 0 spiro atoms. The number of nitrogens with zero attached hydrogens (tertiary/aromatic N) is 2. The van der Waals surface area contributed by atoms with E-state index in [1.807, 2.05) is 18.2 Å². The van der Waals surface area contributed by atoms with Crippen molar-refractivity contribution in [1.82, 2.24) is 9.80 Å². The minimum atomic E-state index is -4.07. The highest BCUT2D eigenvalue weighted by atomic mass is 32.2. The Morgan fingerprint density at radius 1 is 0.941 bits per heavy atom. The molecule has 1 aliphatic rings. The number of piperazine rings is 1. The molecule has 1 amide bonds. The van der Waals surface area contributed by atoms with Gasteiger partial charge < -0.3 is 10.2 Å². The van der Waals surface area contributed by atoms with Crippen LogP contribution in [0.5, 0.6) is 0 Å². The molecule has 178 valence electrons. The Hall–Kier alpha value is -3.27. The predicted octanol–water partition coefficient (Wildman–Crippen LogP) is 3.63. The molecule has 9 heteroatoms. The fourth-order valence-corrected chi connectivity index (χ4v) is 4.88. The highest BCUT2D eigenvalue weighted by Gasteiger charge is 2.19. The van der Waals surface area contributed by atoms with Gasteiger partial charge in [0.2, 0.25) is 0 Å². The predicted molar refractivity (Wildman–Crippen MR) is 131 cm³/mol. The van der Waals surface area contributed by atoms with Gasteiger partial charge in [0.25, 0.3) is 15.9 Å². The smallest absolute Gasteiger partial charge is 0.262 e. The van der Waals surface area contributed by atoms with E-state index in [4.69, 9.17) is 0 Å². The number of carbonyl (C=O) groups is 1. The third kappa shape index (κ3) is 5.99. The van der Waals surface area contributed by atoms with Crippen molar-refractivity contribution in [3.8, 4) is 0 Å². The molecule has 0 saturated carbocycles. The summed E-state index contributed by atoms with van der Waals surface area (Å²) in [6, 6.07) is 18.8. The number of benzene rings is 3. The first-order chi connectivity index (χ1) is 16.3. The number of likely N-dealkylation sites (N-methyl/N-ethyl adjacent to an activating group) is 1. The molecule has 0 atom stereocenters. The number of hydrogen-bond acceptors (Lipinski definition) is 5. The van der Waals surface area contributed by atoms with Gasteiger partial charge in [-0.25, -0.2) is 12.8 Å². The zero-order valence-corrected chi connectivity index (χ0v) is 19.7. The number of rotatable bonds is 7. The molecule has 0 radical (unpaired) electrons. The van der Waals surface area contributed by atoms with Gasteiger partial charge in [-0.3, -0.25) is 14.4 Å². The first-order valence-corrected chi connectivity index (χ1v) is 12.5. The van der Waals surface area contributed by atoms with Crippen LogP contribution >= 0.6 is 0 Å². The summed E-state index contributed by atoms with van der Waals surface area (Å²) >= 11 is 0. The molecule has 1 aliphatic heterocycles. The van der Waals surface area contributed by atoms with E-state index >= 15 is 0 Å². The number of carbonyl (C=O) groups excluding carboxylic acids is 1. The number of nitrogens with one attached hydrogen (secondary N) is 2. The highest BCUT2D eigenvalue weighted by molar-refractivity contribution is 7.92. The molecular weight excluding hydrogens is 455 g/mol. The number of sulfonamides is 1.